The van der Waals surface area contributed by atoms with Gasteiger partial charge in [0.1, 0.15) is 17.5 Å². The van der Waals surface area contributed by atoms with Gasteiger partial charge < -0.3 is 16.4 Å². The fourth-order valence-corrected chi connectivity index (χ4v) is 1.64. The summed E-state index contributed by atoms with van der Waals surface area (Å²) >= 11 is 0. The molecule has 0 spiro atoms. The van der Waals surface area contributed by atoms with Crippen LogP contribution in [0.15, 0.2) is 42.5 Å². The number of anilines is 2. The molecule has 2 aromatic rings. The van der Waals surface area contributed by atoms with Gasteiger partial charge >= 0.3 is 6.03 Å². The van der Waals surface area contributed by atoms with Gasteiger partial charge in [-0.3, -0.25) is 5.41 Å². The maximum atomic E-state index is 13.4. The van der Waals surface area contributed by atoms with Crippen LogP contribution in [0, 0.1) is 17.0 Å². The van der Waals surface area contributed by atoms with E-state index in [2.05, 4.69) is 10.6 Å². The van der Waals surface area contributed by atoms with E-state index < -0.39 is 23.5 Å². The van der Waals surface area contributed by atoms with E-state index in [9.17, 15) is 13.6 Å². The minimum absolute atomic E-state index is 0.102. The molecule has 7 heteroatoms. The van der Waals surface area contributed by atoms with Crippen LogP contribution in [0.25, 0.3) is 0 Å². The number of rotatable bonds is 3. The largest absolute Gasteiger partial charge is 0.384 e. The van der Waals surface area contributed by atoms with E-state index in [-0.39, 0.29) is 11.3 Å². The second kappa shape index (κ2) is 6.00. The Morgan fingerprint density at radius 3 is 2.19 bits per heavy atom. The second-order valence-corrected chi connectivity index (χ2v) is 4.19. The molecule has 2 aromatic carbocycles. The Labute approximate surface area is 119 Å². The van der Waals surface area contributed by atoms with Gasteiger partial charge in [0.05, 0.1) is 5.56 Å². The summed E-state index contributed by atoms with van der Waals surface area (Å²) in [5.74, 6) is -1.49. The van der Waals surface area contributed by atoms with E-state index >= 15 is 0 Å². The highest BCUT2D eigenvalue weighted by Crippen LogP contribution is 2.15. The molecule has 0 radical (unpaired) electrons. The SMILES string of the molecule is N=C(N)c1cc(NC(=O)Nc2ccc(F)cc2)ccc1F. The van der Waals surface area contributed by atoms with Crippen molar-refractivity contribution in [3.05, 3.63) is 59.7 Å². The molecule has 21 heavy (non-hydrogen) atoms. The molecule has 0 saturated heterocycles. The quantitative estimate of drug-likeness (QED) is 0.517. The number of benzene rings is 2. The molecule has 0 atom stereocenters. The smallest absolute Gasteiger partial charge is 0.323 e. The van der Waals surface area contributed by atoms with Crippen LogP contribution < -0.4 is 16.4 Å². The van der Waals surface area contributed by atoms with E-state index in [1.807, 2.05) is 0 Å². The molecule has 0 aliphatic rings. The molecule has 5 N–H and O–H groups in total. The molecule has 5 nitrogen and oxygen atoms in total. The lowest BCUT2D eigenvalue weighted by molar-refractivity contribution is 0.262. The van der Waals surface area contributed by atoms with Gasteiger partial charge in [-0.25, -0.2) is 13.6 Å². The van der Waals surface area contributed by atoms with Crippen molar-refractivity contribution in [2.45, 2.75) is 0 Å². The summed E-state index contributed by atoms with van der Waals surface area (Å²) < 4.78 is 26.1. The zero-order valence-corrected chi connectivity index (χ0v) is 10.8. The number of hydrogen-bond donors (Lipinski definition) is 4. The van der Waals surface area contributed by atoms with Crippen molar-refractivity contribution < 1.29 is 13.6 Å². The number of urea groups is 1. The van der Waals surface area contributed by atoms with Gasteiger partial charge in [0.2, 0.25) is 0 Å². The molecule has 0 heterocycles. The molecular formula is C14H12F2N4O. The molecule has 2 amide bonds. The first-order chi connectivity index (χ1) is 9.95. The van der Waals surface area contributed by atoms with Crippen LogP contribution in [0.4, 0.5) is 25.0 Å². The van der Waals surface area contributed by atoms with Gasteiger partial charge in [-0.15, -0.1) is 0 Å². The first-order valence-corrected chi connectivity index (χ1v) is 5.93. The normalized spacial score (nSPS) is 10.0. The molecule has 0 saturated carbocycles. The summed E-state index contributed by atoms with van der Waals surface area (Å²) in [6.07, 6.45) is 0. The maximum absolute atomic E-state index is 13.4. The Hall–Kier alpha value is -2.96. The summed E-state index contributed by atoms with van der Waals surface area (Å²) in [5, 5.41) is 12.2. The van der Waals surface area contributed by atoms with Crippen LogP contribution in [0.3, 0.4) is 0 Å². The van der Waals surface area contributed by atoms with Crippen LogP contribution in [-0.2, 0) is 0 Å². The Balaban J connectivity index is 2.07. The summed E-state index contributed by atoms with van der Waals surface area (Å²) in [4.78, 5) is 11.7. The minimum Gasteiger partial charge on any atom is -0.384 e. The number of carbonyl (C=O) groups is 1. The highest BCUT2D eigenvalue weighted by molar-refractivity contribution is 6.01. The van der Waals surface area contributed by atoms with Crippen molar-refractivity contribution in [2.75, 3.05) is 10.6 Å². The van der Waals surface area contributed by atoms with Crippen molar-refractivity contribution in [3.63, 3.8) is 0 Å². The van der Waals surface area contributed by atoms with Crippen LogP contribution in [-0.4, -0.2) is 11.9 Å². The van der Waals surface area contributed by atoms with E-state index in [4.69, 9.17) is 11.1 Å². The van der Waals surface area contributed by atoms with Gasteiger partial charge in [-0.2, -0.15) is 0 Å². The van der Waals surface area contributed by atoms with Gasteiger partial charge in [0, 0.05) is 11.4 Å². The first kappa shape index (κ1) is 14.4. The average molecular weight is 290 g/mol. The Bertz CT molecular complexity index is 686. The Morgan fingerprint density at radius 1 is 1.00 bits per heavy atom. The number of halogens is 2. The third-order valence-electron chi connectivity index (χ3n) is 2.62. The Morgan fingerprint density at radius 2 is 1.57 bits per heavy atom. The zero-order chi connectivity index (χ0) is 15.4. The van der Waals surface area contributed by atoms with Crippen LogP contribution in [0.2, 0.25) is 0 Å². The lowest BCUT2D eigenvalue weighted by atomic mass is 10.1. The third-order valence-corrected chi connectivity index (χ3v) is 2.62. The maximum Gasteiger partial charge on any atom is 0.323 e. The van der Waals surface area contributed by atoms with Crippen molar-refractivity contribution >= 4 is 23.2 Å². The predicted molar refractivity (Wildman–Crippen MR) is 76.5 cm³/mol. The van der Waals surface area contributed by atoms with Crippen molar-refractivity contribution in [1.29, 1.82) is 5.41 Å². The standard InChI is InChI=1S/C14H12F2N4O/c15-8-1-3-9(4-2-8)19-14(21)20-10-5-6-12(16)11(7-10)13(17)18/h1-7H,(H3,17,18)(H2,19,20,21). The van der Waals surface area contributed by atoms with E-state index in [0.29, 0.717) is 5.69 Å². The molecule has 0 aromatic heterocycles. The predicted octanol–water partition coefficient (Wildman–Crippen LogP) is 2.89. The van der Waals surface area contributed by atoms with Gasteiger partial charge in [0.15, 0.2) is 0 Å². The van der Waals surface area contributed by atoms with Gasteiger partial charge in [0.25, 0.3) is 0 Å². The summed E-state index contributed by atoms with van der Waals surface area (Å²) in [7, 11) is 0. The fraction of sp³-hybridized carbons (Fsp3) is 0. The molecular weight excluding hydrogens is 278 g/mol. The number of nitrogen functional groups attached to an aromatic ring is 1. The summed E-state index contributed by atoms with van der Waals surface area (Å²) in [5.41, 5.74) is 5.81. The van der Waals surface area contributed by atoms with Crippen molar-refractivity contribution in [2.24, 2.45) is 5.73 Å². The Kier molecular flexibility index (Phi) is 4.13. The molecule has 108 valence electrons. The minimum atomic E-state index is -0.646. The molecule has 0 aliphatic carbocycles. The van der Waals surface area contributed by atoms with Crippen LogP contribution in [0.1, 0.15) is 5.56 Å². The van der Waals surface area contributed by atoms with Crippen molar-refractivity contribution in [3.8, 4) is 0 Å². The molecule has 0 aliphatic heterocycles. The number of carbonyl (C=O) groups excluding carboxylic acids is 1. The number of amides is 2. The number of nitrogens with two attached hydrogens (primary N) is 1. The summed E-state index contributed by atoms with van der Waals surface area (Å²) in [6.45, 7) is 0. The van der Waals surface area contributed by atoms with Gasteiger partial charge in [-0.05, 0) is 42.5 Å². The zero-order valence-electron chi connectivity index (χ0n) is 10.8. The fourth-order valence-electron chi connectivity index (χ4n) is 1.64. The lowest BCUT2D eigenvalue weighted by Crippen LogP contribution is -2.20. The topological polar surface area (TPSA) is 91.0 Å². The monoisotopic (exact) mass is 290 g/mol. The number of amidine groups is 1. The second-order valence-electron chi connectivity index (χ2n) is 4.19. The van der Waals surface area contributed by atoms with E-state index in [0.717, 1.165) is 6.07 Å². The molecule has 2 rings (SSSR count). The molecule has 0 bridgehead atoms. The first-order valence-electron chi connectivity index (χ1n) is 5.93. The lowest BCUT2D eigenvalue weighted by Gasteiger charge is -2.09. The third kappa shape index (κ3) is 3.75. The van der Waals surface area contributed by atoms with Gasteiger partial charge in [-0.1, -0.05) is 0 Å². The van der Waals surface area contributed by atoms with Crippen molar-refractivity contribution in [1.82, 2.24) is 0 Å². The van der Waals surface area contributed by atoms with Crippen LogP contribution >= 0.6 is 0 Å². The van der Waals surface area contributed by atoms with E-state index in [1.54, 1.807) is 0 Å². The summed E-state index contributed by atoms with van der Waals surface area (Å²) in [6, 6.07) is 8.34. The molecule has 0 fully saturated rings. The molecule has 0 unspecified atom stereocenters. The average Bonchev–Trinajstić information content (AvgIpc) is 2.43. The number of hydrogen-bond acceptors (Lipinski definition) is 2. The van der Waals surface area contributed by atoms with Crippen LogP contribution in [0.5, 0.6) is 0 Å². The highest BCUT2D eigenvalue weighted by Gasteiger charge is 2.08. The van der Waals surface area contributed by atoms with E-state index in [1.165, 1.54) is 36.4 Å². The number of nitrogens with one attached hydrogen (secondary N) is 3. The highest BCUT2D eigenvalue weighted by atomic mass is 19.1.